The van der Waals surface area contributed by atoms with Gasteiger partial charge in [-0.2, -0.15) is 0 Å². The van der Waals surface area contributed by atoms with Crippen molar-refractivity contribution in [3.63, 3.8) is 0 Å². The largest absolute Gasteiger partial charge is 0.390 e. The average molecular weight is 280 g/mol. The lowest BCUT2D eigenvalue weighted by atomic mass is 9.77. The number of rotatable bonds is 2. The molecule has 3 rings (SSSR count). The maximum Gasteiger partial charge on any atom is 0.0839 e. The number of fused-ring (bicyclic) bond motifs is 1. The predicted octanol–water partition coefficient (Wildman–Crippen LogP) is 3.87. The lowest BCUT2D eigenvalue weighted by molar-refractivity contribution is -0.112. The minimum atomic E-state index is -0.217. The van der Waals surface area contributed by atoms with Crippen LogP contribution in [-0.4, -0.2) is 23.9 Å². The van der Waals surface area contributed by atoms with E-state index in [-0.39, 0.29) is 12.2 Å². The minimum Gasteiger partial charge on any atom is -0.390 e. The summed E-state index contributed by atoms with van der Waals surface area (Å²) in [6.07, 6.45) is 7.63. The lowest BCUT2D eigenvalue weighted by Gasteiger charge is -2.36. The second-order valence-electron chi connectivity index (χ2n) is 8.22. The van der Waals surface area contributed by atoms with Crippen molar-refractivity contribution in [1.29, 1.82) is 0 Å². The standard InChI is InChI=1S/C18H32O2/c1-11-4-5-14-8-16(9-15(14)6-11)18(19)17-7-12(2)13(3)10-20-17/h11-19H,4-10H2,1-3H3. The molecule has 0 radical (unpaired) electrons. The Morgan fingerprint density at radius 2 is 1.65 bits per heavy atom. The molecule has 1 N–H and O–H groups in total. The fourth-order valence-electron chi connectivity index (χ4n) is 4.96. The first-order valence-electron chi connectivity index (χ1n) is 8.84. The molecule has 3 fully saturated rings. The van der Waals surface area contributed by atoms with Gasteiger partial charge in [0.15, 0.2) is 0 Å². The molecule has 2 nitrogen and oxygen atoms in total. The van der Waals surface area contributed by atoms with Gasteiger partial charge in [0.05, 0.1) is 12.2 Å². The zero-order valence-electron chi connectivity index (χ0n) is 13.4. The summed E-state index contributed by atoms with van der Waals surface area (Å²) in [6.45, 7) is 7.80. The van der Waals surface area contributed by atoms with Crippen molar-refractivity contribution < 1.29 is 9.84 Å². The molecule has 0 bridgehead atoms. The quantitative estimate of drug-likeness (QED) is 0.832. The van der Waals surface area contributed by atoms with E-state index in [0.717, 1.165) is 30.8 Å². The summed E-state index contributed by atoms with van der Waals surface area (Å²) in [6, 6.07) is 0. The summed E-state index contributed by atoms with van der Waals surface area (Å²) in [7, 11) is 0. The Morgan fingerprint density at radius 1 is 0.900 bits per heavy atom. The predicted molar refractivity (Wildman–Crippen MR) is 81.4 cm³/mol. The van der Waals surface area contributed by atoms with Crippen LogP contribution in [-0.2, 0) is 4.74 Å². The second kappa shape index (κ2) is 5.96. The minimum absolute atomic E-state index is 0.101. The SMILES string of the molecule is CC1CCC2CC(C(O)C3CC(C)C(C)CO3)CC2C1. The van der Waals surface area contributed by atoms with Gasteiger partial charge in [-0.1, -0.05) is 27.2 Å². The van der Waals surface area contributed by atoms with E-state index in [1.807, 2.05) is 0 Å². The Morgan fingerprint density at radius 3 is 2.40 bits per heavy atom. The molecule has 8 unspecified atom stereocenters. The van der Waals surface area contributed by atoms with Crippen LogP contribution in [0.3, 0.4) is 0 Å². The summed E-state index contributed by atoms with van der Waals surface area (Å²) in [5.74, 6) is 4.52. The van der Waals surface area contributed by atoms with E-state index in [1.165, 1.54) is 32.1 Å². The van der Waals surface area contributed by atoms with Crippen LogP contribution in [0.25, 0.3) is 0 Å². The third kappa shape index (κ3) is 2.92. The fraction of sp³-hybridized carbons (Fsp3) is 1.00. The normalized spacial score (nSPS) is 50.7. The first kappa shape index (κ1) is 14.8. The third-order valence-electron chi connectivity index (χ3n) is 6.63. The summed E-state index contributed by atoms with van der Waals surface area (Å²) < 4.78 is 5.96. The highest BCUT2D eigenvalue weighted by Gasteiger charge is 2.43. The Labute approximate surface area is 124 Å². The molecule has 3 aliphatic rings. The molecule has 8 atom stereocenters. The van der Waals surface area contributed by atoms with Crippen LogP contribution in [0.2, 0.25) is 0 Å². The molecular weight excluding hydrogens is 248 g/mol. The lowest BCUT2D eigenvalue weighted by Crippen LogP contribution is -2.41. The van der Waals surface area contributed by atoms with Crippen LogP contribution in [0.15, 0.2) is 0 Å². The highest BCUT2D eigenvalue weighted by molar-refractivity contribution is 4.93. The van der Waals surface area contributed by atoms with Gasteiger partial charge in [0, 0.05) is 6.61 Å². The number of aliphatic hydroxyl groups excluding tert-OH is 1. The molecule has 2 heteroatoms. The van der Waals surface area contributed by atoms with E-state index in [2.05, 4.69) is 20.8 Å². The van der Waals surface area contributed by atoms with Gasteiger partial charge in [-0.3, -0.25) is 0 Å². The Bertz CT molecular complexity index is 329. The van der Waals surface area contributed by atoms with Crippen LogP contribution in [0, 0.1) is 35.5 Å². The summed E-state index contributed by atoms with van der Waals surface area (Å²) in [5, 5.41) is 10.8. The van der Waals surface area contributed by atoms with Crippen molar-refractivity contribution in [2.45, 2.75) is 71.5 Å². The molecule has 20 heavy (non-hydrogen) atoms. The first-order chi connectivity index (χ1) is 9.54. The Kier molecular flexibility index (Phi) is 4.42. The molecule has 0 aromatic carbocycles. The Hall–Kier alpha value is -0.0800. The molecule has 0 aromatic heterocycles. The number of ether oxygens (including phenoxy) is 1. The summed E-state index contributed by atoms with van der Waals surface area (Å²) in [4.78, 5) is 0. The molecular formula is C18H32O2. The molecule has 2 aliphatic carbocycles. The van der Waals surface area contributed by atoms with Gasteiger partial charge >= 0.3 is 0 Å². The Balaban J connectivity index is 1.57. The number of hydrogen-bond acceptors (Lipinski definition) is 2. The zero-order chi connectivity index (χ0) is 14.3. The second-order valence-corrected chi connectivity index (χ2v) is 8.22. The van der Waals surface area contributed by atoms with Crippen molar-refractivity contribution in [1.82, 2.24) is 0 Å². The molecule has 1 saturated heterocycles. The smallest absolute Gasteiger partial charge is 0.0839 e. The van der Waals surface area contributed by atoms with E-state index in [0.29, 0.717) is 17.8 Å². The number of hydrogen-bond donors (Lipinski definition) is 1. The number of aliphatic hydroxyl groups is 1. The van der Waals surface area contributed by atoms with Gasteiger partial charge in [0.25, 0.3) is 0 Å². The molecule has 0 amide bonds. The monoisotopic (exact) mass is 280 g/mol. The van der Waals surface area contributed by atoms with Crippen LogP contribution in [0.5, 0.6) is 0 Å². The van der Waals surface area contributed by atoms with Gasteiger partial charge < -0.3 is 9.84 Å². The van der Waals surface area contributed by atoms with Crippen molar-refractivity contribution in [2.75, 3.05) is 6.61 Å². The fourth-order valence-corrected chi connectivity index (χ4v) is 4.96. The van der Waals surface area contributed by atoms with Crippen LogP contribution < -0.4 is 0 Å². The summed E-state index contributed by atoms with van der Waals surface area (Å²) in [5.41, 5.74) is 0. The van der Waals surface area contributed by atoms with Crippen LogP contribution in [0.4, 0.5) is 0 Å². The molecule has 1 aliphatic heterocycles. The molecule has 116 valence electrons. The van der Waals surface area contributed by atoms with Gasteiger partial charge in [-0.25, -0.2) is 0 Å². The first-order valence-corrected chi connectivity index (χ1v) is 8.84. The zero-order valence-corrected chi connectivity index (χ0v) is 13.4. The van der Waals surface area contributed by atoms with Gasteiger partial charge in [-0.15, -0.1) is 0 Å². The molecule has 0 spiro atoms. The van der Waals surface area contributed by atoms with Crippen molar-refractivity contribution in [3.05, 3.63) is 0 Å². The highest BCUT2D eigenvalue weighted by atomic mass is 16.5. The topological polar surface area (TPSA) is 29.5 Å². The van der Waals surface area contributed by atoms with E-state index in [1.54, 1.807) is 0 Å². The summed E-state index contributed by atoms with van der Waals surface area (Å²) >= 11 is 0. The molecule has 1 heterocycles. The van der Waals surface area contributed by atoms with Gasteiger partial charge in [0.1, 0.15) is 0 Å². The molecule has 0 aromatic rings. The van der Waals surface area contributed by atoms with Gasteiger partial charge in [-0.05, 0) is 67.6 Å². The van der Waals surface area contributed by atoms with E-state index < -0.39 is 0 Å². The van der Waals surface area contributed by atoms with E-state index >= 15 is 0 Å². The third-order valence-corrected chi connectivity index (χ3v) is 6.63. The average Bonchev–Trinajstić information content (AvgIpc) is 2.84. The van der Waals surface area contributed by atoms with Gasteiger partial charge in [0.2, 0.25) is 0 Å². The van der Waals surface area contributed by atoms with E-state index in [4.69, 9.17) is 4.74 Å². The van der Waals surface area contributed by atoms with Crippen molar-refractivity contribution in [3.8, 4) is 0 Å². The maximum absolute atomic E-state index is 10.8. The van der Waals surface area contributed by atoms with Crippen LogP contribution in [0.1, 0.15) is 59.3 Å². The molecule has 2 saturated carbocycles. The van der Waals surface area contributed by atoms with Crippen molar-refractivity contribution in [2.24, 2.45) is 35.5 Å². The maximum atomic E-state index is 10.8. The van der Waals surface area contributed by atoms with Crippen LogP contribution >= 0.6 is 0 Å². The highest BCUT2D eigenvalue weighted by Crippen LogP contribution is 2.48. The van der Waals surface area contributed by atoms with Crippen molar-refractivity contribution >= 4 is 0 Å². The van der Waals surface area contributed by atoms with E-state index in [9.17, 15) is 5.11 Å².